The van der Waals surface area contributed by atoms with Crippen molar-refractivity contribution in [2.75, 3.05) is 0 Å². The van der Waals surface area contributed by atoms with Crippen LogP contribution in [0.3, 0.4) is 0 Å². The molecule has 0 unspecified atom stereocenters. The van der Waals surface area contributed by atoms with E-state index in [9.17, 15) is 4.79 Å². The molecule has 76 valence electrons. The number of aromatic nitrogens is 2. The lowest BCUT2D eigenvalue weighted by Gasteiger charge is -2.27. The molecule has 4 nitrogen and oxygen atoms in total. The molecule has 1 fully saturated rings. The van der Waals surface area contributed by atoms with E-state index in [-0.39, 0.29) is 12.0 Å². The number of rotatable bonds is 3. The third-order valence-corrected chi connectivity index (χ3v) is 3.00. The van der Waals surface area contributed by atoms with E-state index in [2.05, 4.69) is 5.10 Å². The van der Waals surface area contributed by atoms with Gasteiger partial charge >= 0.3 is 5.97 Å². The number of aliphatic carboxylic acids is 1. The lowest BCUT2D eigenvalue weighted by molar-refractivity contribution is -0.139. The van der Waals surface area contributed by atoms with Crippen molar-refractivity contribution >= 4 is 5.97 Å². The van der Waals surface area contributed by atoms with Gasteiger partial charge in [0.05, 0.1) is 12.0 Å². The van der Waals surface area contributed by atoms with Gasteiger partial charge in [-0.05, 0) is 18.9 Å². The number of hydrogen-bond acceptors (Lipinski definition) is 2. The summed E-state index contributed by atoms with van der Waals surface area (Å²) in [5.41, 5.74) is -0.255. The van der Waals surface area contributed by atoms with E-state index in [1.54, 1.807) is 6.20 Å². The predicted molar refractivity (Wildman–Crippen MR) is 50.9 cm³/mol. The minimum atomic E-state index is -0.734. The highest BCUT2D eigenvalue weighted by atomic mass is 16.4. The first-order valence-electron chi connectivity index (χ1n) is 4.95. The van der Waals surface area contributed by atoms with Crippen LogP contribution in [-0.2, 0) is 10.3 Å². The molecular formula is C10H14N2O2. The summed E-state index contributed by atoms with van der Waals surface area (Å²) in [6, 6.07) is 1.85. The normalized spacial score (nSPS) is 19.7. The second kappa shape index (κ2) is 3.44. The van der Waals surface area contributed by atoms with Crippen LogP contribution in [0, 0.1) is 0 Å². The van der Waals surface area contributed by atoms with Crippen molar-refractivity contribution < 1.29 is 9.90 Å². The Kier molecular flexibility index (Phi) is 2.27. The summed E-state index contributed by atoms with van der Waals surface area (Å²) in [7, 11) is 0. The number of hydrogen-bond donors (Lipinski definition) is 1. The van der Waals surface area contributed by atoms with Crippen LogP contribution in [0.5, 0.6) is 0 Å². The van der Waals surface area contributed by atoms with Gasteiger partial charge in [0, 0.05) is 12.4 Å². The molecule has 0 spiro atoms. The van der Waals surface area contributed by atoms with Crippen molar-refractivity contribution in [3.63, 3.8) is 0 Å². The fourth-order valence-electron chi connectivity index (χ4n) is 2.35. The van der Waals surface area contributed by atoms with Crippen LogP contribution in [0.1, 0.15) is 32.1 Å². The van der Waals surface area contributed by atoms with E-state index in [1.807, 2.05) is 16.9 Å². The lowest BCUT2D eigenvalue weighted by atomic mass is 9.93. The second-order valence-electron chi connectivity index (χ2n) is 3.95. The molecule has 1 aliphatic carbocycles. The molecule has 0 amide bonds. The SMILES string of the molecule is O=C(O)CC1(n2cccn2)CCCC1. The summed E-state index contributed by atoms with van der Waals surface area (Å²) < 4.78 is 1.83. The largest absolute Gasteiger partial charge is 0.481 e. The van der Waals surface area contributed by atoms with Crippen LogP contribution in [-0.4, -0.2) is 20.9 Å². The zero-order chi connectivity index (χ0) is 10.0. The highest BCUT2D eigenvalue weighted by Gasteiger charge is 2.38. The zero-order valence-corrected chi connectivity index (χ0v) is 8.02. The molecule has 0 saturated heterocycles. The molecule has 4 heteroatoms. The van der Waals surface area contributed by atoms with Crippen molar-refractivity contribution in [2.45, 2.75) is 37.6 Å². The first-order chi connectivity index (χ1) is 6.73. The molecule has 14 heavy (non-hydrogen) atoms. The van der Waals surface area contributed by atoms with E-state index >= 15 is 0 Å². The highest BCUT2D eigenvalue weighted by Crippen LogP contribution is 2.38. The molecule has 1 heterocycles. The van der Waals surface area contributed by atoms with Crippen molar-refractivity contribution in [3.05, 3.63) is 18.5 Å². The molecular weight excluding hydrogens is 180 g/mol. The molecule has 1 aliphatic rings. The smallest absolute Gasteiger partial charge is 0.305 e. The van der Waals surface area contributed by atoms with Crippen molar-refractivity contribution in [1.82, 2.24) is 9.78 Å². The molecule has 1 aromatic rings. The summed E-state index contributed by atoms with van der Waals surface area (Å²) in [5.74, 6) is -0.734. The second-order valence-corrected chi connectivity index (χ2v) is 3.95. The number of carboxylic acid groups (broad SMARTS) is 1. The van der Waals surface area contributed by atoms with E-state index in [1.165, 1.54) is 0 Å². The Hall–Kier alpha value is -1.32. The fraction of sp³-hybridized carbons (Fsp3) is 0.600. The van der Waals surface area contributed by atoms with Gasteiger partial charge in [-0.25, -0.2) is 0 Å². The monoisotopic (exact) mass is 194 g/mol. The molecule has 1 aromatic heterocycles. The summed E-state index contributed by atoms with van der Waals surface area (Å²) in [5, 5.41) is 13.1. The maximum Gasteiger partial charge on any atom is 0.305 e. The van der Waals surface area contributed by atoms with Crippen LogP contribution in [0.4, 0.5) is 0 Å². The van der Waals surface area contributed by atoms with Gasteiger partial charge in [-0.2, -0.15) is 5.10 Å². The van der Waals surface area contributed by atoms with Gasteiger partial charge in [0.1, 0.15) is 0 Å². The van der Waals surface area contributed by atoms with Crippen LogP contribution in [0.15, 0.2) is 18.5 Å². The van der Waals surface area contributed by atoms with Gasteiger partial charge in [0.25, 0.3) is 0 Å². The molecule has 1 saturated carbocycles. The zero-order valence-electron chi connectivity index (χ0n) is 8.02. The van der Waals surface area contributed by atoms with E-state index in [0.29, 0.717) is 0 Å². The van der Waals surface area contributed by atoms with E-state index in [0.717, 1.165) is 25.7 Å². The average Bonchev–Trinajstić information content (AvgIpc) is 2.69. The van der Waals surface area contributed by atoms with Crippen LogP contribution >= 0.6 is 0 Å². The van der Waals surface area contributed by atoms with Gasteiger partial charge in [-0.15, -0.1) is 0 Å². The Morgan fingerprint density at radius 2 is 2.21 bits per heavy atom. The quantitative estimate of drug-likeness (QED) is 0.795. The minimum absolute atomic E-state index is 0.189. The topological polar surface area (TPSA) is 55.1 Å². The van der Waals surface area contributed by atoms with Crippen molar-refractivity contribution in [1.29, 1.82) is 0 Å². The number of carbonyl (C=O) groups is 1. The molecule has 2 rings (SSSR count). The third kappa shape index (κ3) is 1.52. The van der Waals surface area contributed by atoms with Crippen LogP contribution in [0.25, 0.3) is 0 Å². The van der Waals surface area contributed by atoms with Crippen LogP contribution < -0.4 is 0 Å². The molecule has 0 bridgehead atoms. The van der Waals surface area contributed by atoms with Gasteiger partial charge < -0.3 is 5.11 Å². The molecule has 1 N–H and O–H groups in total. The maximum atomic E-state index is 10.8. The summed E-state index contributed by atoms with van der Waals surface area (Å²) in [6.45, 7) is 0. The van der Waals surface area contributed by atoms with Crippen molar-refractivity contribution in [2.24, 2.45) is 0 Å². The van der Waals surface area contributed by atoms with Gasteiger partial charge in [0.2, 0.25) is 0 Å². The van der Waals surface area contributed by atoms with E-state index in [4.69, 9.17) is 5.11 Å². The molecule has 0 aliphatic heterocycles. The summed E-state index contributed by atoms with van der Waals surface area (Å²) >= 11 is 0. The molecule has 0 radical (unpaired) electrons. The summed E-state index contributed by atoms with van der Waals surface area (Å²) in [4.78, 5) is 10.8. The lowest BCUT2D eigenvalue weighted by Crippen LogP contribution is -2.33. The number of nitrogens with zero attached hydrogens (tertiary/aromatic N) is 2. The average molecular weight is 194 g/mol. The first-order valence-corrected chi connectivity index (χ1v) is 4.95. The predicted octanol–water partition coefficient (Wildman–Crippen LogP) is 1.63. The minimum Gasteiger partial charge on any atom is -0.481 e. The Morgan fingerprint density at radius 1 is 1.50 bits per heavy atom. The van der Waals surface area contributed by atoms with Crippen LogP contribution in [0.2, 0.25) is 0 Å². The Labute approximate surface area is 82.5 Å². The first kappa shape index (κ1) is 9.24. The van der Waals surface area contributed by atoms with Gasteiger partial charge in [-0.3, -0.25) is 9.48 Å². The number of carboxylic acids is 1. The van der Waals surface area contributed by atoms with Gasteiger partial charge in [0.15, 0.2) is 0 Å². The van der Waals surface area contributed by atoms with Crippen molar-refractivity contribution in [3.8, 4) is 0 Å². The Morgan fingerprint density at radius 3 is 2.71 bits per heavy atom. The standard InChI is InChI=1S/C10H14N2O2/c13-9(14)8-10(4-1-2-5-10)12-7-3-6-11-12/h3,6-7H,1-2,4-5,8H2,(H,13,14). The fourth-order valence-corrected chi connectivity index (χ4v) is 2.35. The highest BCUT2D eigenvalue weighted by molar-refractivity contribution is 5.68. The van der Waals surface area contributed by atoms with E-state index < -0.39 is 5.97 Å². The molecule has 0 atom stereocenters. The van der Waals surface area contributed by atoms with Gasteiger partial charge in [-0.1, -0.05) is 12.8 Å². The third-order valence-electron chi connectivity index (χ3n) is 3.00. The Bertz CT molecular complexity index is 313. The molecule has 0 aromatic carbocycles. The maximum absolute atomic E-state index is 10.8. The Balaban J connectivity index is 2.26. The summed E-state index contributed by atoms with van der Waals surface area (Å²) in [6.07, 6.45) is 7.84.